The van der Waals surface area contributed by atoms with Crippen LogP contribution in [-0.4, -0.2) is 41.3 Å². The number of thiazole rings is 1. The van der Waals surface area contributed by atoms with Crippen LogP contribution >= 0.6 is 22.9 Å². The third-order valence-corrected chi connectivity index (χ3v) is 7.93. The quantitative estimate of drug-likeness (QED) is 0.182. The van der Waals surface area contributed by atoms with Crippen LogP contribution in [0.3, 0.4) is 0 Å². The summed E-state index contributed by atoms with van der Waals surface area (Å²) in [5.74, 6) is -1.30. The van der Waals surface area contributed by atoms with Gasteiger partial charge in [0.05, 0.1) is 34.1 Å². The Labute approximate surface area is 270 Å². The number of hydrogen-bond donors (Lipinski definition) is 2. The van der Waals surface area contributed by atoms with Crippen LogP contribution in [0.25, 0.3) is 54.2 Å². The Kier molecular flexibility index (Phi) is 10.2. The molecule has 0 bridgehead atoms. The van der Waals surface area contributed by atoms with Crippen molar-refractivity contribution in [1.82, 2.24) is 19.5 Å². The fraction of sp³-hybridized carbons (Fsp3) is 0.200. The third-order valence-electron chi connectivity index (χ3n) is 6.54. The van der Waals surface area contributed by atoms with Crippen molar-refractivity contribution in [2.24, 2.45) is 7.05 Å². The second-order valence-electron chi connectivity index (χ2n) is 11.3. The number of aryl methyl sites for hydroxylation is 2. The number of hydrogen-bond acceptors (Lipinski definition) is 6. The number of carboxylic acids is 1. The predicted molar refractivity (Wildman–Crippen MR) is 182 cm³/mol. The molecule has 0 atom stereocenters. The maximum absolute atomic E-state index is 14.0. The summed E-state index contributed by atoms with van der Waals surface area (Å²) < 4.78 is 16.8. The number of halogens is 2. The summed E-state index contributed by atoms with van der Waals surface area (Å²) in [6.07, 6.45) is 4.71. The smallest absolute Gasteiger partial charge is 0.307 e. The first-order valence-electron chi connectivity index (χ1n) is 14.0. The number of aliphatic carboxylic acids is 1. The molecule has 0 radical (unpaired) electrons. The maximum Gasteiger partial charge on any atom is 0.307 e. The van der Waals surface area contributed by atoms with Gasteiger partial charge in [-0.3, -0.25) is 9.78 Å². The monoisotopic (exact) mass is 644 g/mol. The van der Waals surface area contributed by atoms with Gasteiger partial charge in [0, 0.05) is 46.5 Å². The number of benzene rings is 2. The highest BCUT2D eigenvalue weighted by molar-refractivity contribution is 7.22. The predicted octanol–water partition coefficient (Wildman–Crippen LogP) is 8.89. The molecule has 4 aromatic heterocycles. The lowest BCUT2D eigenvalue weighted by Gasteiger charge is -2.13. The summed E-state index contributed by atoms with van der Waals surface area (Å²) in [7, 11) is 1.86. The van der Waals surface area contributed by atoms with E-state index in [1.54, 1.807) is 39.1 Å². The van der Waals surface area contributed by atoms with Crippen molar-refractivity contribution < 1.29 is 19.4 Å². The Balaban J connectivity index is 0.000000602. The Morgan fingerprint density at radius 2 is 1.73 bits per heavy atom. The van der Waals surface area contributed by atoms with Crippen molar-refractivity contribution in [2.45, 2.75) is 39.7 Å². The van der Waals surface area contributed by atoms with Gasteiger partial charge in [0.15, 0.2) is 0 Å². The average molecular weight is 645 g/mol. The summed E-state index contributed by atoms with van der Waals surface area (Å²) >= 11 is 7.63. The molecule has 6 rings (SSSR count). The van der Waals surface area contributed by atoms with E-state index in [4.69, 9.17) is 21.7 Å². The van der Waals surface area contributed by atoms with Crippen LogP contribution in [0.15, 0.2) is 80.3 Å². The molecule has 0 fully saturated rings. The van der Waals surface area contributed by atoms with Crippen LogP contribution in [0.4, 0.5) is 4.39 Å². The molecule has 232 valence electrons. The Hall–Kier alpha value is -4.44. The van der Waals surface area contributed by atoms with Gasteiger partial charge < -0.3 is 14.8 Å². The van der Waals surface area contributed by atoms with Gasteiger partial charge in [0.2, 0.25) is 0 Å². The van der Waals surface area contributed by atoms with E-state index in [0.717, 1.165) is 48.6 Å². The molecule has 0 unspecified atom stereocenters. The van der Waals surface area contributed by atoms with Gasteiger partial charge in [0.1, 0.15) is 16.5 Å². The van der Waals surface area contributed by atoms with Crippen LogP contribution in [0.5, 0.6) is 0 Å². The molecular weight excluding hydrogens is 611 g/mol. The molecule has 0 aliphatic carbocycles. The molecule has 0 aliphatic rings. The maximum atomic E-state index is 14.0. The molecular formula is C35H34ClFN4O3S. The summed E-state index contributed by atoms with van der Waals surface area (Å²) in [6, 6.07) is 14.6. The number of rotatable bonds is 5. The van der Waals surface area contributed by atoms with Crippen LogP contribution in [0.2, 0.25) is 5.02 Å². The van der Waals surface area contributed by atoms with E-state index < -0.39 is 17.4 Å². The van der Waals surface area contributed by atoms with E-state index >= 15 is 0 Å². The standard InChI is InChI=1S/C29H20ClFN4O2S.C4H10O.C2H4/c1-15-9-24-27(26(20(15)12-25(36)37)16-3-5-18(30)6-4-16)38-29(34-24)17-7-8-32-23(10-17)22-14-35(2)28-21(22)11-19(31)13-33-28;1-4(2,3)5;1-2/h3-11,13-14H,12H2,1-2H3,(H,36,37);5H,1-3H3;1-2H2. The molecule has 7 nitrogen and oxygen atoms in total. The van der Waals surface area contributed by atoms with E-state index in [2.05, 4.69) is 23.1 Å². The first kappa shape index (κ1) is 33.5. The van der Waals surface area contributed by atoms with Gasteiger partial charge in [-0.05, 0) is 80.8 Å². The molecule has 2 N–H and O–H groups in total. The van der Waals surface area contributed by atoms with Crippen LogP contribution in [0, 0.1) is 12.7 Å². The number of nitrogens with zero attached hydrogens (tertiary/aromatic N) is 4. The summed E-state index contributed by atoms with van der Waals surface area (Å²) in [5.41, 5.74) is 6.63. The summed E-state index contributed by atoms with van der Waals surface area (Å²) in [6.45, 7) is 13.1. The molecule has 6 aromatic rings. The number of carbonyl (C=O) groups is 1. The van der Waals surface area contributed by atoms with Crippen LogP contribution in [0.1, 0.15) is 31.9 Å². The second-order valence-corrected chi connectivity index (χ2v) is 12.7. The lowest BCUT2D eigenvalue weighted by atomic mass is 9.93. The lowest BCUT2D eigenvalue weighted by Crippen LogP contribution is -2.10. The molecule has 10 heteroatoms. The number of pyridine rings is 2. The van der Waals surface area contributed by atoms with Crippen molar-refractivity contribution >= 4 is 50.2 Å². The van der Waals surface area contributed by atoms with E-state index in [0.29, 0.717) is 21.7 Å². The van der Waals surface area contributed by atoms with Gasteiger partial charge in [-0.2, -0.15) is 0 Å². The highest BCUT2D eigenvalue weighted by Gasteiger charge is 2.20. The van der Waals surface area contributed by atoms with Gasteiger partial charge in [-0.25, -0.2) is 14.4 Å². The van der Waals surface area contributed by atoms with Crippen molar-refractivity contribution in [3.63, 3.8) is 0 Å². The third kappa shape index (κ3) is 7.81. The summed E-state index contributed by atoms with van der Waals surface area (Å²) in [5, 5.41) is 20.2. The normalized spacial score (nSPS) is 11.1. The van der Waals surface area contributed by atoms with E-state index in [-0.39, 0.29) is 6.42 Å². The minimum atomic E-state index is -0.896. The molecule has 0 spiro atoms. The second kappa shape index (κ2) is 13.7. The largest absolute Gasteiger partial charge is 0.481 e. The van der Waals surface area contributed by atoms with Crippen molar-refractivity contribution in [3.8, 4) is 33.0 Å². The fourth-order valence-corrected chi connectivity index (χ4v) is 6.07. The fourth-order valence-electron chi connectivity index (χ4n) is 4.81. The lowest BCUT2D eigenvalue weighted by molar-refractivity contribution is -0.136. The molecule has 0 amide bonds. The van der Waals surface area contributed by atoms with E-state index in [9.17, 15) is 14.3 Å². The van der Waals surface area contributed by atoms with Crippen LogP contribution < -0.4 is 0 Å². The highest BCUT2D eigenvalue weighted by atomic mass is 35.5. The molecule has 0 aliphatic heterocycles. The van der Waals surface area contributed by atoms with Crippen molar-refractivity contribution in [1.29, 1.82) is 0 Å². The summed E-state index contributed by atoms with van der Waals surface area (Å²) in [4.78, 5) is 25.4. The molecule has 4 heterocycles. The highest BCUT2D eigenvalue weighted by Crippen LogP contribution is 2.41. The zero-order valence-electron chi connectivity index (χ0n) is 25.7. The minimum absolute atomic E-state index is 0.0992. The first-order chi connectivity index (χ1) is 21.3. The average Bonchev–Trinajstić information content (AvgIpc) is 3.54. The zero-order valence-corrected chi connectivity index (χ0v) is 27.3. The van der Waals surface area contributed by atoms with Gasteiger partial charge >= 0.3 is 5.97 Å². The zero-order chi connectivity index (χ0) is 33.1. The van der Waals surface area contributed by atoms with Gasteiger partial charge in [0.25, 0.3) is 0 Å². The van der Waals surface area contributed by atoms with E-state index in [1.807, 2.05) is 55.1 Å². The topological polar surface area (TPSA) is 101 Å². The molecule has 0 saturated heterocycles. The van der Waals surface area contributed by atoms with Crippen molar-refractivity contribution in [2.75, 3.05) is 0 Å². The number of aromatic nitrogens is 4. The van der Waals surface area contributed by atoms with Crippen molar-refractivity contribution in [3.05, 3.63) is 102 Å². The number of fused-ring (bicyclic) bond motifs is 2. The SMILES string of the molecule is C=C.CC(C)(C)O.Cc1cc2nc(-c3ccnc(-c4cn(C)c5ncc(F)cc45)c3)sc2c(-c2ccc(Cl)cc2)c1CC(=O)O. The van der Waals surface area contributed by atoms with Gasteiger partial charge in [-0.15, -0.1) is 24.5 Å². The first-order valence-corrected chi connectivity index (χ1v) is 15.2. The Morgan fingerprint density at radius 3 is 2.38 bits per heavy atom. The number of aliphatic hydroxyl groups is 1. The Bertz CT molecular complexity index is 1990. The minimum Gasteiger partial charge on any atom is -0.481 e. The van der Waals surface area contributed by atoms with Gasteiger partial charge in [-0.1, -0.05) is 23.7 Å². The molecule has 0 saturated carbocycles. The van der Waals surface area contributed by atoms with E-state index in [1.165, 1.54) is 23.6 Å². The Morgan fingerprint density at radius 1 is 1.07 bits per heavy atom. The number of carboxylic acid groups (broad SMARTS) is 1. The molecule has 2 aromatic carbocycles. The van der Waals surface area contributed by atoms with Crippen LogP contribution in [-0.2, 0) is 18.3 Å². The molecule has 45 heavy (non-hydrogen) atoms.